The topological polar surface area (TPSA) is 64.2 Å². The van der Waals surface area contributed by atoms with E-state index in [2.05, 4.69) is 15.9 Å². The van der Waals surface area contributed by atoms with Crippen molar-refractivity contribution in [3.05, 3.63) is 33.8 Å². The molecule has 0 saturated carbocycles. The summed E-state index contributed by atoms with van der Waals surface area (Å²) in [5.74, 6) is 0. The molecule has 0 radical (unpaired) electrons. The van der Waals surface area contributed by atoms with Crippen LogP contribution in [0.5, 0.6) is 0 Å². The molecule has 2 N–H and O–H groups in total. The van der Waals surface area contributed by atoms with E-state index >= 15 is 0 Å². The van der Waals surface area contributed by atoms with Gasteiger partial charge in [-0.15, -0.1) is 0 Å². The highest BCUT2D eigenvalue weighted by Gasteiger charge is 2.20. The lowest BCUT2D eigenvalue weighted by atomic mass is 9.96. The Morgan fingerprint density at radius 3 is 2.69 bits per heavy atom. The zero-order valence-corrected chi connectivity index (χ0v) is 10.6. The third-order valence-corrected chi connectivity index (χ3v) is 2.96. The summed E-state index contributed by atoms with van der Waals surface area (Å²) in [6.45, 7) is 1.98. The van der Waals surface area contributed by atoms with Gasteiger partial charge in [0.25, 0.3) is 0 Å². The van der Waals surface area contributed by atoms with Crippen molar-refractivity contribution in [2.24, 2.45) is 0 Å². The average Bonchev–Trinajstić information content (AvgIpc) is 2.28. The predicted octanol–water partition coefficient (Wildman–Crippen LogP) is 2.32. The van der Waals surface area contributed by atoms with Crippen LogP contribution in [0.2, 0.25) is 0 Å². The molecule has 1 rings (SSSR count). The van der Waals surface area contributed by atoms with Crippen LogP contribution < -0.4 is 0 Å². The Hall–Kier alpha value is -0.890. The molecule has 0 amide bonds. The minimum Gasteiger partial charge on any atom is -0.389 e. The van der Waals surface area contributed by atoms with Crippen LogP contribution in [0.25, 0.3) is 0 Å². The molecule has 86 valence electrons. The van der Waals surface area contributed by atoms with Crippen molar-refractivity contribution >= 4 is 15.9 Å². The van der Waals surface area contributed by atoms with Crippen molar-refractivity contribution in [1.82, 2.24) is 0 Å². The van der Waals surface area contributed by atoms with Crippen LogP contribution in [0.1, 0.15) is 30.6 Å². The summed E-state index contributed by atoms with van der Waals surface area (Å²) in [5.41, 5.74) is 1.66. The number of aliphatic hydroxyl groups excluding tert-OH is 2. The van der Waals surface area contributed by atoms with Crippen LogP contribution in [-0.4, -0.2) is 16.3 Å². The van der Waals surface area contributed by atoms with E-state index in [9.17, 15) is 10.2 Å². The molecular weight excluding hydrogens is 270 g/mol. The van der Waals surface area contributed by atoms with E-state index in [1.54, 1.807) is 6.07 Å². The first kappa shape index (κ1) is 13.2. The molecule has 0 spiro atoms. The number of hydrogen-bond acceptors (Lipinski definition) is 3. The van der Waals surface area contributed by atoms with Crippen LogP contribution in [0.4, 0.5) is 0 Å². The summed E-state index contributed by atoms with van der Waals surface area (Å²) in [7, 11) is 0. The molecule has 0 aliphatic carbocycles. The standard InChI is InChI=1S/C12H14BrNO2/c1-2-8-7-9(13)3-4-10(8)12(16)11(15)5-6-14/h3-4,7,11-12,15-16H,2,5H2,1H3. The lowest BCUT2D eigenvalue weighted by molar-refractivity contribution is 0.0211. The SMILES string of the molecule is CCc1cc(Br)ccc1C(O)C(O)CC#N. The maximum atomic E-state index is 9.91. The van der Waals surface area contributed by atoms with Gasteiger partial charge in [-0.1, -0.05) is 28.9 Å². The van der Waals surface area contributed by atoms with Gasteiger partial charge in [-0.3, -0.25) is 0 Å². The molecular formula is C12H14BrNO2. The fraction of sp³-hybridized carbons (Fsp3) is 0.417. The first-order valence-electron chi connectivity index (χ1n) is 5.11. The Kier molecular flexibility index (Phi) is 4.94. The maximum Gasteiger partial charge on any atom is 0.106 e. The minimum atomic E-state index is -1.03. The van der Waals surface area contributed by atoms with Crippen molar-refractivity contribution in [2.45, 2.75) is 32.0 Å². The maximum absolute atomic E-state index is 9.91. The fourth-order valence-electron chi connectivity index (χ4n) is 1.58. The normalized spacial score (nSPS) is 14.2. The highest BCUT2D eigenvalue weighted by molar-refractivity contribution is 9.10. The average molecular weight is 284 g/mol. The van der Waals surface area contributed by atoms with Gasteiger partial charge < -0.3 is 10.2 Å². The Morgan fingerprint density at radius 1 is 1.44 bits per heavy atom. The summed E-state index contributed by atoms with van der Waals surface area (Å²) >= 11 is 3.36. The fourth-order valence-corrected chi connectivity index (χ4v) is 1.99. The van der Waals surface area contributed by atoms with Gasteiger partial charge in [0.15, 0.2) is 0 Å². The molecule has 0 aliphatic heterocycles. The van der Waals surface area contributed by atoms with Crippen LogP contribution in [0.3, 0.4) is 0 Å². The van der Waals surface area contributed by atoms with Crippen LogP contribution in [0.15, 0.2) is 22.7 Å². The van der Waals surface area contributed by atoms with Gasteiger partial charge in [-0.25, -0.2) is 0 Å². The Labute approximate surface area is 103 Å². The second kappa shape index (κ2) is 6.00. The third kappa shape index (κ3) is 3.05. The lowest BCUT2D eigenvalue weighted by Gasteiger charge is -2.18. The van der Waals surface area contributed by atoms with E-state index in [1.165, 1.54) is 0 Å². The van der Waals surface area contributed by atoms with Crippen LogP contribution in [0, 0.1) is 11.3 Å². The van der Waals surface area contributed by atoms with Crippen molar-refractivity contribution in [3.63, 3.8) is 0 Å². The highest BCUT2D eigenvalue weighted by atomic mass is 79.9. The van der Waals surface area contributed by atoms with Gasteiger partial charge >= 0.3 is 0 Å². The van der Waals surface area contributed by atoms with Crippen molar-refractivity contribution < 1.29 is 10.2 Å². The number of hydrogen-bond donors (Lipinski definition) is 2. The number of nitriles is 1. The highest BCUT2D eigenvalue weighted by Crippen LogP contribution is 2.25. The van der Waals surface area contributed by atoms with Gasteiger partial charge in [-0.05, 0) is 29.7 Å². The zero-order valence-electron chi connectivity index (χ0n) is 9.02. The summed E-state index contributed by atoms with van der Waals surface area (Å²) < 4.78 is 0.940. The number of nitrogens with zero attached hydrogens (tertiary/aromatic N) is 1. The van der Waals surface area contributed by atoms with E-state index in [-0.39, 0.29) is 6.42 Å². The predicted molar refractivity (Wildman–Crippen MR) is 64.7 cm³/mol. The zero-order chi connectivity index (χ0) is 12.1. The number of benzene rings is 1. The van der Waals surface area contributed by atoms with Gasteiger partial charge in [-0.2, -0.15) is 5.26 Å². The number of aliphatic hydroxyl groups is 2. The van der Waals surface area contributed by atoms with Crippen molar-refractivity contribution in [3.8, 4) is 6.07 Å². The van der Waals surface area contributed by atoms with E-state index < -0.39 is 12.2 Å². The molecule has 0 fully saturated rings. The molecule has 0 saturated heterocycles. The molecule has 1 aromatic carbocycles. The van der Waals surface area contributed by atoms with E-state index in [1.807, 2.05) is 25.1 Å². The molecule has 16 heavy (non-hydrogen) atoms. The molecule has 0 heterocycles. The lowest BCUT2D eigenvalue weighted by Crippen LogP contribution is -2.18. The van der Waals surface area contributed by atoms with Crippen LogP contribution >= 0.6 is 15.9 Å². The second-order valence-electron chi connectivity index (χ2n) is 3.57. The minimum absolute atomic E-state index is 0.0691. The molecule has 0 aromatic heterocycles. The molecule has 0 aliphatic rings. The summed E-state index contributed by atoms with van der Waals surface area (Å²) in [6.07, 6.45) is -1.33. The van der Waals surface area contributed by atoms with Gasteiger partial charge in [0.1, 0.15) is 6.10 Å². The molecule has 1 aromatic rings. The van der Waals surface area contributed by atoms with Gasteiger partial charge in [0, 0.05) is 4.47 Å². The van der Waals surface area contributed by atoms with Crippen LogP contribution in [-0.2, 0) is 6.42 Å². The Bertz CT molecular complexity index is 400. The third-order valence-electron chi connectivity index (χ3n) is 2.47. The molecule has 2 atom stereocenters. The van der Waals surface area contributed by atoms with E-state index in [0.717, 1.165) is 16.5 Å². The van der Waals surface area contributed by atoms with Crippen molar-refractivity contribution in [1.29, 1.82) is 5.26 Å². The van der Waals surface area contributed by atoms with E-state index in [4.69, 9.17) is 5.26 Å². The Morgan fingerprint density at radius 2 is 2.12 bits per heavy atom. The summed E-state index contributed by atoms with van der Waals surface area (Å²) in [4.78, 5) is 0. The quantitative estimate of drug-likeness (QED) is 0.891. The van der Waals surface area contributed by atoms with E-state index in [0.29, 0.717) is 5.56 Å². The largest absolute Gasteiger partial charge is 0.389 e. The number of halogens is 1. The first-order valence-corrected chi connectivity index (χ1v) is 5.90. The smallest absolute Gasteiger partial charge is 0.106 e. The first-order chi connectivity index (χ1) is 7.60. The molecule has 2 unspecified atom stereocenters. The molecule has 3 nitrogen and oxygen atoms in total. The van der Waals surface area contributed by atoms with Gasteiger partial charge in [0.2, 0.25) is 0 Å². The number of aryl methyl sites for hydroxylation is 1. The van der Waals surface area contributed by atoms with Gasteiger partial charge in [0.05, 0.1) is 18.6 Å². The Balaban J connectivity index is 2.99. The molecule has 4 heteroatoms. The van der Waals surface area contributed by atoms with Crippen molar-refractivity contribution in [2.75, 3.05) is 0 Å². The summed E-state index contributed by atoms with van der Waals surface area (Å²) in [5, 5.41) is 28.0. The molecule has 0 bridgehead atoms. The second-order valence-corrected chi connectivity index (χ2v) is 4.49. The summed E-state index contributed by atoms with van der Waals surface area (Å²) in [6, 6.07) is 7.35. The monoisotopic (exact) mass is 283 g/mol. The number of rotatable bonds is 4.